The van der Waals surface area contributed by atoms with Gasteiger partial charge in [-0.1, -0.05) is 17.7 Å². The van der Waals surface area contributed by atoms with E-state index >= 15 is 0 Å². The molecule has 0 aliphatic carbocycles. The maximum absolute atomic E-state index is 12.4. The largest absolute Gasteiger partial charge is 0.369 e. The number of carbonyl (C=O) groups excluding carboxylic acids is 2. The highest BCUT2D eigenvalue weighted by Crippen LogP contribution is 2.17. The van der Waals surface area contributed by atoms with Gasteiger partial charge in [-0.3, -0.25) is 24.9 Å². The van der Waals surface area contributed by atoms with Crippen LogP contribution < -0.4 is 15.6 Å². The van der Waals surface area contributed by atoms with Crippen molar-refractivity contribution in [1.82, 2.24) is 25.6 Å². The molecule has 2 N–H and O–H groups in total. The number of benzene rings is 1. The Kier molecular flexibility index (Phi) is 6.77. The normalized spacial score (nSPS) is 23.8. The van der Waals surface area contributed by atoms with Crippen LogP contribution in [0.5, 0.6) is 0 Å². The van der Waals surface area contributed by atoms with E-state index < -0.39 is 5.66 Å². The molecule has 8 heteroatoms. The Labute approximate surface area is 173 Å². The summed E-state index contributed by atoms with van der Waals surface area (Å²) in [5.41, 5.74) is 4.61. The third-order valence-corrected chi connectivity index (χ3v) is 5.85. The van der Waals surface area contributed by atoms with Crippen LogP contribution in [0.2, 0.25) is 0 Å². The van der Waals surface area contributed by atoms with E-state index in [-0.39, 0.29) is 11.9 Å². The molecule has 0 bridgehead atoms. The average Bonchev–Trinajstić information content (AvgIpc) is 2.72. The Morgan fingerprint density at radius 2 is 1.69 bits per heavy atom. The summed E-state index contributed by atoms with van der Waals surface area (Å²) in [7, 11) is 3.14. The van der Waals surface area contributed by atoms with Crippen LogP contribution in [0.3, 0.4) is 0 Å². The molecular weight excluding hydrogens is 368 g/mol. The van der Waals surface area contributed by atoms with E-state index in [1.807, 2.05) is 0 Å². The molecule has 0 spiro atoms. The summed E-state index contributed by atoms with van der Waals surface area (Å²) in [6.45, 7) is 9.96. The second kappa shape index (κ2) is 9.11. The molecule has 3 amide bonds. The Morgan fingerprint density at radius 1 is 1.03 bits per heavy atom. The highest BCUT2D eigenvalue weighted by Gasteiger charge is 2.44. The van der Waals surface area contributed by atoms with Crippen molar-refractivity contribution in [2.75, 3.05) is 58.3 Å². The van der Waals surface area contributed by atoms with Crippen LogP contribution in [0.15, 0.2) is 24.3 Å². The van der Waals surface area contributed by atoms with Gasteiger partial charge in [-0.25, -0.2) is 10.2 Å². The van der Waals surface area contributed by atoms with Gasteiger partial charge in [0.05, 0.1) is 0 Å². The minimum absolute atomic E-state index is 0.257. The standard InChI is InChI=1S/C21H34N6O2/c1-17-7-9-18(10-8-17)27-15-13-26(14-16-27)12-6-5-11-22-21(2)19(28)24(3)20(29)25(4)23-21/h7-10,22-23H,5-6,11-16H2,1-4H3. The summed E-state index contributed by atoms with van der Waals surface area (Å²) in [6, 6.07) is 8.42. The number of aryl methyl sites for hydroxylation is 1. The molecule has 1 aromatic carbocycles. The Hall–Kier alpha value is -2.16. The molecule has 1 unspecified atom stereocenters. The number of hydrazine groups is 1. The van der Waals surface area contributed by atoms with Crippen LogP contribution in [0.25, 0.3) is 0 Å². The predicted octanol–water partition coefficient (Wildman–Crippen LogP) is 1.23. The molecule has 2 saturated heterocycles. The van der Waals surface area contributed by atoms with Crippen molar-refractivity contribution in [2.45, 2.75) is 32.4 Å². The fourth-order valence-electron chi connectivity index (χ4n) is 3.98. The number of nitrogens with zero attached hydrogens (tertiary/aromatic N) is 4. The molecular formula is C21H34N6O2. The summed E-state index contributed by atoms with van der Waals surface area (Å²) in [5, 5.41) is 4.63. The van der Waals surface area contributed by atoms with Crippen molar-refractivity contribution in [1.29, 1.82) is 0 Å². The monoisotopic (exact) mass is 402 g/mol. The molecule has 0 aromatic heterocycles. The number of carbonyl (C=O) groups is 2. The lowest BCUT2D eigenvalue weighted by atomic mass is 10.1. The third-order valence-electron chi connectivity index (χ3n) is 5.85. The minimum Gasteiger partial charge on any atom is -0.369 e. The first kappa shape index (κ1) is 21.5. The lowest BCUT2D eigenvalue weighted by Gasteiger charge is -2.42. The van der Waals surface area contributed by atoms with Gasteiger partial charge in [0.1, 0.15) is 0 Å². The molecule has 3 rings (SSSR count). The van der Waals surface area contributed by atoms with Crippen molar-refractivity contribution < 1.29 is 9.59 Å². The second-order valence-corrected chi connectivity index (χ2v) is 8.24. The zero-order chi connectivity index (χ0) is 21.0. The van der Waals surface area contributed by atoms with Gasteiger partial charge in [-0.15, -0.1) is 0 Å². The quantitative estimate of drug-likeness (QED) is 0.669. The van der Waals surface area contributed by atoms with Gasteiger partial charge in [0.15, 0.2) is 5.66 Å². The second-order valence-electron chi connectivity index (χ2n) is 8.24. The lowest BCUT2D eigenvalue weighted by molar-refractivity contribution is -0.141. The van der Waals surface area contributed by atoms with Gasteiger partial charge in [0.25, 0.3) is 5.91 Å². The molecule has 8 nitrogen and oxygen atoms in total. The van der Waals surface area contributed by atoms with Crippen molar-refractivity contribution in [3.05, 3.63) is 29.8 Å². The van der Waals surface area contributed by atoms with Crippen molar-refractivity contribution in [3.8, 4) is 0 Å². The molecule has 160 valence electrons. The van der Waals surface area contributed by atoms with Crippen molar-refractivity contribution in [3.63, 3.8) is 0 Å². The number of urea groups is 1. The van der Waals surface area contributed by atoms with Gasteiger partial charge >= 0.3 is 6.03 Å². The van der Waals surface area contributed by atoms with Gasteiger partial charge in [-0.05, 0) is 51.9 Å². The van der Waals surface area contributed by atoms with E-state index in [0.717, 1.165) is 50.5 Å². The lowest BCUT2D eigenvalue weighted by Crippen LogP contribution is -2.74. The molecule has 1 aromatic rings. The summed E-state index contributed by atoms with van der Waals surface area (Å²) < 4.78 is 0. The number of hydrogen-bond donors (Lipinski definition) is 2. The number of likely N-dealkylation sites (N-methyl/N-ethyl adjacent to an activating group) is 1. The molecule has 2 aliphatic heterocycles. The Bertz CT molecular complexity index is 716. The number of anilines is 1. The molecule has 29 heavy (non-hydrogen) atoms. The number of unbranched alkanes of at least 4 members (excludes halogenated alkanes) is 1. The molecule has 1 atom stereocenters. The molecule has 2 aliphatic rings. The van der Waals surface area contributed by atoms with Crippen LogP contribution in [0.4, 0.5) is 10.5 Å². The van der Waals surface area contributed by atoms with Gasteiger partial charge in [0.2, 0.25) is 0 Å². The van der Waals surface area contributed by atoms with Gasteiger partial charge < -0.3 is 4.90 Å². The fraction of sp³-hybridized carbons (Fsp3) is 0.619. The number of nitrogens with one attached hydrogen (secondary N) is 2. The topological polar surface area (TPSA) is 71.2 Å². The van der Waals surface area contributed by atoms with E-state index in [1.54, 1.807) is 14.0 Å². The molecule has 0 radical (unpaired) electrons. The number of rotatable bonds is 7. The van der Waals surface area contributed by atoms with Crippen LogP contribution in [0, 0.1) is 6.92 Å². The SMILES string of the molecule is Cc1ccc(N2CCN(CCCCNC3(C)NN(C)C(=O)N(C)C3=O)CC2)cc1. The van der Waals surface area contributed by atoms with Crippen LogP contribution in [0.1, 0.15) is 25.3 Å². The highest BCUT2D eigenvalue weighted by atomic mass is 16.2. The van der Waals surface area contributed by atoms with Crippen molar-refractivity contribution >= 4 is 17.6 Å². The fourth-order valence-corrected chi connectivity index (χ4v) is 3.98. The minimum atomic E-state index is -0.947. The Balaban J connectivity index is 1.35. The van der Waals surface area contributed by atoms with Crippen LogP contribution in [-0.4, -0.2) is 85.8 Å². The summed E-state index contributed by atoms with van der Waals surface area (Å²) in [4.78, 5) is 30.4. The van der Waals surface area contributed by atoms with Crippen molar-refractivity contribution in [2.24, 2.45) is 0 Å². The number of hydrogen-bond acceptors (Lipinski definition) is 6. The number of amides is 3. The highest BCUT2D eigenvalue weighted by molar-refractivity contribution is 6.00. The maximum Gasteiger partial charge on any atom is 0.340 e. The third kappa shape index (κ3) is 5.07. The van der Waals surface area contributed by atoms with Crippen LogP contribution in [-0.2, 0) is 4.79 Å². The van der Waals surface area contributed by atoms with E-state index in [1.165, 1.54) is 23.3 Å². The molecule has 2 heterocycles. The Morgan fingerprint density at radius 3 is 2.34 bits per heavy atom. The maximum atomic E-state index is 12.4. The first-order valence-corrected chi connectivity index (χ1v) is 10.4. The predicted molar refractivity (Wildman–Crippen MR) is 115 cm³/mol. The summed E-state index contributed by atoms with van der Waals surface area (Å²) in [5.74, 6) is -0.257. The van der Waals surface area contributed by atoms with E-state index in [9.17, 15) is 9.59 Å². The summed E-state index contributed by atoms with van der Waals surface area (Å²) in [6.07, 6.45) is 2.05. The summed E-state index contributed by atoms with van der Waals surface area (Å²) >= 11 is 0. The van der Waals surface area contributed by atoms with Gasteiger partial charge in [0, 0.05) is 46.0 Å². The van der Waals surface area contributed by atoms with Gasteiger partial charge in [-0.2, -0.15) is 0 Å². The van der Waals surface area contributed by atoms with Crippen LogP contribution >= 0.6 is 0 Å². The first-order chi connectivity index (χ1) is 13.8. The van der Waals surface area contributed by atoms with E-state index in [2.05, 4.69) is 51.7 Å². The molecule has 2 fully saturated rings. The molecule has 0 saturated carbocycles. The van der Waals surface area contributed by atoms with E-state index in [4.69, 9.17) is 0 Å². The zero-order valence-corrected chi connectivity index (χ0v) is 18.1. The van der Waals surface area contributed by atoms with E-state index in [0.29, 0.717) is 6.54 Å². The smallest absolute Gasteiger partial charge is 0.340 e. The zero-order valence-electron chi connectivity index (χ0n) is 18.1. The number of piperazine rings is 1. The average molecular weight is 403 g/mol. The number of imide groups is 1. The first-order valence-electron chi connectivity index (χ1n) is 10.4.